The third kappa shape index (κ3) is 6.29. The molecule has 4 N–H and O–H groups in total. The predicted molar refractivity (Wildman–Crippen MR) is 150 cm³/mol. The zero-order valence-corrected chi connectivity index (χ0v) is 21.5. The van der Waals surface area contributed by atoms with Crippen LogP contribution in [0.1, 0.15) is 28.0 Å². The van der Waals surface area contributed by atoms with Gasteiger partial charge in [0.15, 0.2) is 0 Å². The van der Waals surface area contributed by atoms with Crippen LogP contribution in [0.25, 0.3) is 10.9 Å². The number of fused-ring (bicyclic) bond motifs is 1. The molecule has 0 atom stereocenters. The number of hydrogen-bond acceptors (Lipinski definition) is 5. The number of anilines is 2. The summed E-state index contributed by atoms with van der Waals surface area (Å²) in [6.45, 7) is 0.809. The molecule has 0 aliphatic carbocycles. The SMILES string of the molecule is COC(=O)CCN(C(=O)c1ccc2c(c1)cc(CNc1ccc(C(=N)N)cc1)n2C)c1ccccc1.Cl. The molecule has 0 fully saturated rings. The molecule has 1 aromatic heterocycles. The molecule has 0 saturated carbocycles. The molecule has 1 amide bonds. The van der Waals surface area contributed by atoms with E-state index in [2.05, 4.69) is 16.0 Å². The van der Waals surface area contributed by atoms with Gasteiger partial charge in [-0.2, -0.15) is 0 Å². The first-order valence-corrected chi connectivity index (χ1v) is 11.6. The van der Waals surface area contributed by atoms with Gasteiger partial charge in [-0.25, -0.2) is 0 Å². The molecule has 4 rings (SSSR count). The highest BCUT2D eigenvalue weighted by Gasteiger charge is 2.20. The smallest absolute Gasteiger partial charge is 0.307 e. The Hall–Kier alpha value is -4.30. The third-order valence-corrected chi connectivity index (χ3v) is 6.14. The van der Waals surface area contributed by atoms with E-state index in [1.165, 1.54) is 7.11 Å². The Morgan fingerprint density at radius 2 is 1.68 bits per heavy atom. The Morgan fingerprint density at radius 1 is 1.00 bits per heavy atom. The van der Waals surface area contributed by atoms with Crippen molar-refractivity contribution in [1.82, 2.24) is 4.57 Å². The number of aromatic nitrogens is 1. The normalized spacial score (nSPS) is 10.4. The highest BCUT2D eigenvalue weighted by molar-refractivity contribution is 6.08. The van der Waals surface area contributed by atoms with Gasteiger partial charge in [-0.3, -0.25) is 15.0 Å². The van der Waals surface area contributed by atoms with Crippen LogP contribution in [0.2, 0.25) is 0 Å². The van der Waals surface area contributed by atoms with E-state index in [9.17, 15) is 9.59 Å². The third-order valence-electron chi connectivity index (χ3n) is 6.14. The van der Waals surface area contributed by atoms with Crippen molar-refractivity contribution in [1.29, 1.82) is 5.41 Å². The minimum Gasteiger partial charge on any atom is -0.469 e. The van der Waals surface area contributed by atoms with E-state index in [0.29, 0.717) is 17.7 Å². The molecule has 0 radical (unpaired) electrons. The average molecular weight is 520 g/mol. The Balaban J connectivity index is 0.00000380. The average Bonchev–Trinajstić information content (AvgIpc) is 3.22. The largest absolute Gasteiger partial charge is 0.469 e. The van der Waals surface area contributed by atoms with Crippen molar-refractivity contribution in [2.24, 2.45) is 12.8 Å². The highest BCUT2D eigenvalue weighted by atomic mass is 35.5. The van der Waals surface area contributed by atoms with Gasteiger partial charge in [0.25, 0.3) is 5.91 Å². The molecule has 0 saturated heterocycles. The van der Waals surface area contributed by atoms with E-state index in [1.54, 1.807) is 4.90 Å². The molecule has 0 aliphatic rings. The quantitative estimate of drug-likeness (QED) is 0.168. The maximum atomic E-state index is 13.5. The molecule has 0 aliphatic heterocycles. The van der Waals surface area contributed by atoms with Gasteiger partial charge in [0, 0.05) is 52.7 Å². The number of nitrogens with zero attached hydrogens (tertiary/aromatic N) is 2. The molecule has 0 unspecified atom stereocenters. The molecule has 0 spiro atoms. The first-order chi connectivity index (χ1) is 17.4. The number of amidine groups is 1. The fourth-order valence-electron chi connectivity index (χ4n) is 4.09. The number of ether oxygens (including phenoxy) is 1. The number of benzene rings is 3. The molecule has 4 aromatic rings. The molecule has 37 heavy (non-hydrogen) atoms. The van der Waals surface area contributed by atoms with Crippen LogP contribution in [-0.4, -0.2) is 35.9 Å². The number of esters is 1. The fourth-order valence-corrected chi connectivity index (χ4v) is 4.09. The number of nitrogen functional groups attached to an aromatic ring is 1. The molecule has 192 valence electrons. The van der Waals surface area contributed by atoms with Crippen LogP contribution in [0, 0.1) is 5.41 Å². The Kier molecular flexibility index (Phi) is 8.92. The van der Waals surface area contributed by atoms with E-state index in [0.717, 1.165) is 28.0 Å². The molecule has 1 heterocycles. The standard InChI is InChI=1S/C28H29N5O3.ClH/c1-32-24(18-31-22-11-8-19(9-12-22)27(29)30)17-21-16-20(10-13-25(21)32)28(35)33(15-14-26(34)36-2)23-6-4-3-5-7-23;/h3-13,16-17,31H,14-15,18H2,1-2H3,(H3,29,30);1H. The summed E-state index contributed by atoms with van der Waals surface area (Å²) < 4.78 is 6.86. The summed E-state index contributed by atoms with van der Waals surface area (Å²) in [5.74, 6) is -0.506. The van der Waals surface area contributed by atoms with E-state index < -0.39 is 0 Å². The lowest BCUT2D eigenvalue weighted by Crippen LogP contribution is -2.33. The van der Waals surface area contributed by atoms with Crippen LogP contribution < -0.4 is 16.0 Å². The van der Waals surface area contributed by atoms with Gasteiger partial charge < -0.3 is 25.3 Å². The second-order valence-corrected chi connectivity index (χ2v) is 8.43. The van der Waals surface area contributed by atoms with Crippen LogP contribution in [-0.2, 0) is 23.1 Å². The van der Waals surface area contributed by atoms with Crippen molar-refractivity contribution < 1.29 is 14.3 Å². The fraction of sp³-hybridized carbons (Fsp3) is 0.179. The summed E-state index contributed by atoms with van der Waals surface area (Å²) in [4.78, 5) is 26.9. The topological polar surface area (TPSA) is 113 Å². The van der Waals surface area contributed by atoms with Crippen molar-refractivity contribution in [3.05, 3.63) is 95.7 Å². The monoisotopic (exact) mass is 519 g/mol. The van der Waals surface area contributed by atoms with E-state index in [-0.39, 0.29) is 43.1 Å². The number of aryl methyl sites for hydroxylation is 1. The van der Waals surface area contributed by atoms with Crippen molar-refractivity contribution in [3.63, 3.8) is 0 Å². The van der Waals surface area contributed by atoms with Crippen LogP contribution in [0.4, 0.5) is 11.4 Å². The summed E-state index contributed by atoms with van der Waals surface area (Å²) in [5, 5.41) is 11.9. The number of halogens is 1. The summed E-state index contributed by atoms with van der Waals surface area (Å²) in [6, 6.07) is 24.4. The maximum absolute atomic E-state index is 13.5. The van der Waals surface area contributed by atoms with Crippen molar-refractivity contribution in [2.45, 2.75) is 13.0 Å². The number of nitrogens with one attached hydrogen (secondary N) is 2. The number of carbonyl (C=O) groups is 2. The Bertz CT molecular complexity index is 1400. The number of para-hydroxylation sites is 1. The van der Waals surface area contributed by atoms with Crippen LogP contribution >= 0.6 is 12.4 Å². The molecule has 9 heteroatoms. The number of hydrogen-bond donors (Lipinski definition) is 3. The van der Waals surface area contributed by atoms with Crippen LogP contribution in [0.5, 0.6) is 0 Å². The Labute approximate surface area is 221 Å². The first-order valence-electron chi connectivity index (χ1n) is 11.6. The first kappa shape index (κ1) is 27.3. The van der Waals surface area contributed by atoms with Gasteiger partial charge in [0.2, 0.25) is 0 Å². The van der Waals surface area contributed by atoms with E-state index >= 15 is 0 Å². The van der Waals surface area contributed by atoms with Gasteiger partial charge in [-0.15, -0.1) is 12.4 Å². The lowest BCUT2D eigenvalue weighted by Gasteiger charge is -2.22. The molecular weight excluding hydrogens is 490 g/mol. The molecule has 0 bridgehead atoms. The zero-order valence-electron chi connectivity index (χ0n) is 20.7. The lowest BCUT2D eigenvalue weighted by atomic mass is 10.1. The molecular formula is C28H30ClN5O3. The zero-order chi connectivity index (χ0) is 25.7. The Morgan fingerprint density at radius 3 is 2.32 bits per heavy atom. The van der Waals surface area contributed by atoms with Crippen molar-refractivity contribution >= 4 is 52.4 Å². The maximum Gasteiger partial charge on any atom is 0.307 e. The van der Waals surface area contributed by atoms with Gasteiger partial charge in [-0.05, 0) is 60.7 Å². The minimum atomic E-state index is -0.365. The summed E-state index contributed by atoms with van der Waals surface area (Å²) >= 11 is 0. The summed E-state index contributed by atoms with van der Waals surface area (Å²) in [5.41, 5.74) is 10.5. The minimum absolute atomic E-state index is 0. The van der Waals surface area contributed by atoms with E-state index in [4.69, 9.17) is 15.9 Å². The summed E-state index contributed by atoms with van der Waals surface area (Å²) in [7, 11) is 3.33. The van der Waals surface area contributed by atoms with Gasteiger partial charge in [0.05, 0.1) is 20.1 Å². The molecule has 8 nitrogen and oxygen atoms in total. The predicted octanol–water partition coefficient (Wildman–Crippen LogP) is 4.71. The van der Waals surface area contributed by atoms with Crippen LogP contribution in [0.15, 0.2) is 78.9 Å². The van der Waals surface area contributed by atoms with Crippen molar-refractivity contribution in [2.75, 3.05) is 23.9 Å². The highest BCUT2D eigenvalue weighted by Crippen LogP contribution is 2.24. The lowest BCUT2D eigenvalue weighted by molar-refractivity contribution is -0.140. The number of amides is 1. The van der Waals surface area contributed by atoms with Crippen molar-refractivity contribution in [3.8, 4) is 0 Å². The second kappa shape index (κ2) is 12.1. The number of nitrogens with two attached hydrogens (primary N) is 1. The van der Waals surface area contributed by atoms with Gasteiger partial charge in [-0.1, -0.05) is 18.2 Å². The summed E-state index contributed by atoms with van der Waals surface area (Å²) in [6.07, 6.45) is 0.105. The number of carbonyl (C=O) groups excluding carboxylic acids is 2. The van der Waals surface area contributed by atoms with Gasteiger partial charge >= 0.3 is 5.97 Å². The second-order valence-electron chi connectivity index (χ2n) is 8.43. The number of methoxy groups -OCH3 is 1. The van der Waals surface area contributed by atoms with Gasteiger partial charge in [0.1, 0.15) is 5.84 Å². The molecule has 3 aromatic carbocycles. The van der Waals surface area contributed by atoms with E-state index in [1.807, 2.05) is 79.8 Å². The van der Waals surface area contributed by atoms with Crippen LogP contribution in [0.3, 0.4) is 0 Å². The number of rotatable bonds is 9.